The van der Waals surface area contributed by atoms with E-state index in [0.717, 1.165) is 24.0 Å². The second-order valence-corrected chi connectivity index (χ2v) is 4.45. The third-order valence-electron chi connectivity index (χ3n) is 2.32. The number of hydrogen-bond acceptors (Lipinski definition) is 2. The highest BCUT2D eigenvalue weighted by Crippen LogP contribution is 2.05. The quantitative estimate of drug-likeness (QED) is 0.859. The molecule has 0 amide bonds. The van der Waals surface area contributed by atoms with Gasteiger partial charge in [-0.2, -0.15) is 0 Å². The van der Waals surface area contributed by atoms with E-state index in [1.165, 1.54) is 0 Å². The molecule has 16 heavy (non-hydrogen) atoms. The third-order valence-corrected chi connectivity index (χ3v) is 2.79. The number of pyridine rings is 1. The minimum atomic E-state index is 0.0360. The van der Waals surface area contributed by atoms with E-state index in [0.29, 0.717) is 0 Å². The molecule has 0 aliphatic rings. The van der Waals surface area contributed by atoms with Crippen molar-refractivity contribution in [3.63, 3.8) is 0 Å². The Kier molecular flexibility index (Phi) is 3.56. The van der Waals surface area contributed by atoms with Crippen LogP contribution < -0.4 is 5.56 Å². The summed E-state index contributed by atoms with van der Waals surface area (Å²) < 4.78 is 4.64. The van der Waals surface area contributed by atoms with Gasteiger partial charge in [0.05, 0.1) is 6.33 Å². The molecule has 0 aromatic carbocycles. The lowest BCUT2D eigenvalue weighted by Gasteiger charge is -2.06. The third kappa shape index (κ3) is 2.82. The molecule has 2 aromatic heterocycles. The molecule has 0 aliphatic carbocycles. The Morgan fingerprint density at radius 1 is 1.31 bits per heavy atom. The Bertz CT molecular complexity index is 504. The summed E-state index contributed by atoms with van der Waals surface area (Å²) in [6.45, 7) is 1.59. The summed E-state index contributed by atoms with van der Waals surface area (Å²) in [5, 5.41) is 0. The first-order chi connectivity index (χ1) is 7.75. The SMILES string of the molecule is O=c1ccc(Br)cn1CCCn1ccnc1. The fraction of sp³-hybridized carbons (Fsp3) is 0.273. The minimum absolute atomic E-state index is 0.0360. The summed E-state index contributed by atoms with van der Waals surface area (Å²) in [5.41, 5.74) is 0.0360. The largest absolute Gasteiger partial charge is 0.337 e. The molecule has 2 aromatic rings. The summed E-state index contributed by atoms with van der Waals surface area (Å²) in [5.74, 6) is 0. The van der Waals surface area contributed by atoms with Gasteiger partial charge in [-0.25, -0.2) is 4.98 Å². The van der Waals surface area contributed by atoms with E-state index in [4.69, 9.17) is 0 Å². The number of aryl methyl sites for hydroxylation is 2. The van der Waals surface area contributed by atoms with Gasteiger partial charge in [0.15, 0.2) is 0 Å². The molecule has 0 atom stereocenters. The van der Waals surface area contributed by atoms with E-state index < -0.39 is 0 Å². The van der Waals surface area contributed by atoms with Gasteiger partial charge in [0, 0.05) is 42.2 Å². The maximum atomic E-state index is 11.5. The summed E-state index contributed by atoms with van der Waals surface area (Å²) in [4.78, 5) is 15.5. The van der Waals surface area contributed by atoms with Crippen LogP contribution in [0.15, 0.2) is 46.3 Å². The summed E-state index contributed by atoms with van der Waals surface area (Å²) in [7, 11) is 0. The van der Waals surface area contributed by atoms with Crippen LogP contribution in [0.1, 0.15) is 6.42 Å². The average molecular weight is 282 g/mol. The number of rotatable bonds is 4. The van der Waals surface area contributed by atoms with Gasteiger partial charge in [-0.3, -0.25) is 4.79 Å². The molecule has 0 saturated heterocycles. The van der Waals surface area contributed by atoms with Crippen LogP contribution >= 0.6 is 15.9 Å². The Morgan fingerprint density at radius 2 is 2.19 bits per heavy atom. The zero-order valence-electron chi connectivity index (χ0n) is 8.71. The molecule has 0 aliphatic heterocycles. The standard InChI is InChI=1S/C11H12BrN3O/c12-10-2-3-11(16)15(8-10)6-1-5-14-7-4-13-9-14/h2-4,7-9H,1,5-6H2. The number of imidazole rings is 1. The van der Waals surface area contributed by atoms with Gasteiger partial charge < -0.3 is 9.13 Å². The van der Waals surface area contributed by atoms with Gasteiger partial charge in [0.25, 0.3) is 5.56 Å². The summed E-state index contributed by atoms with van der Waals surface area (Å²) in [6.07, 6.45) is 8.18. The van der Waals surface area contributed by atoms with Gasteiger partial charge in [0.1, 0.15) is 0 Å². The van der Waals surface area contributed by atoms with E-state index >= 15 is 0 Å². The molecule has 0 radical (unpaired) electrons. The first-order valence-electron chi connectivity index (χ1n) is 5.07. The highest BCUT2D eigenvalue weighted by Gasteiger charge is 1.97. The topological polar surface area (TPSA) is 39.8 Å². The highest BCUT2D eigenvalue weighted by atomic mass is 79.9. The van der Waals surface area contributed by atoms with Crippen molar-refractivity contribution in [2.75, 3.05) is 0 Å². The number of hydrogen-bond donors (Lipinski definition) is 0. The lowest BCUT2D eigenvalue weighted by atomic mass is 10.4. The average Bonchev–Trinajstić information content (AvgIpc) is 2.76. The molecule has 2 heterocycles. The van der Waals surface area contributed by atoms with Crippen LogP contribution in [0.2, 0.25) is 0 Å². The lowest BCUT2D eigenvalue weighted by molar-refractivity contribution is 0.552. The minimum Gasteiger partial charge on any atom is -0.337 e. The van der Waals surface area contributed by atoms with Crippen molar-refractivity contribution in [3.8, 4) is 0 Å². The van der Waals surface area contributed by atoms with Gasteiger partial charge in [-0.05, 0) is 28.4 Å². The number of halogens is 1. The zero-order valence-corrected chi connectivity index (χ0v) is 10.3. The number of nitrogens with zero attached hydrogens (tertiary/aromatic N) is 3. The van der Waals surface area contributed by atoms with E-state index in [2.05, 4.69) is 20.9 Å². The van der Waals surface area contributed by atoms with Crippen molar-refractivity contribution in [1.82, 2.24) is 14.1 Å². The van der Waals surface area contributed by atoms with Crippen molar-refractivity contribution in [2.45, 2.75) is 19.5 Å². The van der Waals surface area contributed by atoms with Crippen molar-refractivity contribution < 1.29 is 0 Å². The second kappa shape index (κ2) is 5.12. The molecule has 0 saturated carbocycles. The Balaban J connectivity index is 1.94. The van der Waals surface area contributed by atoms with E-state index in [9.17, 15) is 4.79 Å². The normalized spacial score (nSPS) is 10.6. The lowest BCUT2D eigenvalue weighted by Crippen LogP contribution is -2.18. The van der Waals surface area contributed by atoms with Gasteiger partial charge in [-0.1, -0.05) is 0 Å². The highest BCUT2D eigenvalue weighted by molar-refractivity contribution is 9.10. The van der Waals surface area contributed by atoms with Gasteiger partial charge in [-0.15, -0.1) is 0 Å². The van der Waals surface area contributed by atoms with Crippen LogP contribution in [0.5, 0.6) is 0 Å². The van der Waals surface area contributed by atoms with Crippen molar-refractivity contribution >= 4 is 15.9 Å². The van der Waals surface area contributed by atoms with E-state index in [1.807, 2.05) is 17.0 Å². The van der Waals surface area contributed by atoms with Crippen molar-refractivity contribution in [2.24, 2.45) is 0 Å². The Labute approximate surface area is 102 Å². The molecule has 2 rings (SSSR count). The maximum Gasteiger partial charge on any atom is 0.250 e. The Morgan fingerprint density at radius 3 is 2.94 bits per heavy atom. The van der Waals surface area contributed by atoms with Crippen LogP contribution in [-0.2, 0) is 13.1 Å². The molecule has 0 spiro atoms. The summed E-state index contributed by atoms with van der Waals surface area (Å²) >= 11 is 3.35. The van der Waals surface area contributed by atoms with Gasteiger partial charge >= 0.3 is 0 Å². The van der Waals surface area contributed by atoms with Crippen molar-refractivity contribution in [1.29, 1.82) is 0 Å². The smallest absolute Gasteiger partial charge is 0.250 e. The maximum absolute atomic E-state index is 11.5. The monoisotopic (exact) mass is 281 g/mol. The fourth-order valence-corrected chi connectivity index (χ4v) is 1.90. The molecule has 4 nitrogen and oxygen atoms in total. The van der Waals surface area contributed by atoms with Crippen LogP contribution in [0.3, 0.4) is 0 Å². The first kappa shape index (κ1) is 11.1. The molecule has 5 heteroatoms. The van der Waals surface area contributed by atoms with Gasteiger partial charge in [0.2, 0.25) is 0 Å². The van der Waals surface area contributed by atoms with Crippen LogP contribution in [0.4, 0.5) is 0 Å². The summed E-state index contributed by atoms with van der Waals surface area (Å²) in [6, 6.07) is 3.33. The van der Waals surface area contributed by atoms with E-state index in [1.54, 1.807) is 29.2 Å². The molecule has 84 valence electrons. The number of aromatic nitrogens is 3. The second-order valence-electron chi connectivity index (χ2n) is 3.53. The predicted octanol–water partition coefficient (Wildman–Crippen LogP) is 1.90. The molecule has 0 bridgehead atoms. The van der Waals surface area contributed by atoms with Crippen LogP contribution in [0, 0.1) is 0 Å². The molecule has 0 N–H and O–H groups in total. The Hall–Kier alpha value is -1.36. The van der Waals surface area contributed by atoms with Crippen LogP contribution in [-0.4, -0.2) is 14.1 Å². The first-order valence-corrected chi connectivity index (χ1v) is 5.87. The van der Waals surface area contributed by atoms with Crippen molar-refractivity contribution in [3.05, 3.63) is 51.9 Å². The van der Waals surface area contributed by atoms with Crippen LogP contribution in [0.25, 0.3) is 0 Å². The zero-order chi connectivity index (χ0) is 11.4. The molecule has 0 fully saturated rings. The molecular formula is C11H12BrN3O. The molecular weight excluding hydrogens is 270 g/mol. The predicted molar refractivity (Wildman–Crippen MR) is 65.2 cm³/mol. The molecule has 0 unspecified atom stereocenters. The fourth-order valence-electron chi connectivity index (χ4n) is 1.52. The van der Waals surface area contributed by atoms with E-state index in [-0.39, 0.29) is 5.56 Å².